The van der Waals surface area contributed by atoms with Crippen LogP contribution in [0.5, 0.6) is 0 Å². The molecular weight excluding hydrogens is 230 g/mol. The zero-order chi connectivity index (χ0) is 14.1. The van der Waals surface area contributed by atoms with E-state index >= 15 is 0 Å². The van der Waals surface area contributed by atoms with Gasteiger partial charge in [0.25, 0.3) is 0 Å². The van der Waals surface area contributed by atoms with Gasteiger partial charge in [0.2, 0.25) is 0 Å². The Bertz CT molecular complexity index is 328. The maximum Gasteiger partial charge on any atom is 0.0135 e. The molecule has 1 N–H and O–H groups in total. The molecule has 1 nitrogen and oxygen atoms in total. The van der Waals surface area contributed by atoms with E-state index in [1.807, 2.05) is 0 Å². The summed E-state index contributed by atoms with van der Waals surface area (Å²) in [4.78, 5) is 0. The van der Waals surface area contributed by atoms with Crippen molar-refractivity contribution in [2.45, 2.75) is 65.8 Å². The second-order valence-electron chi connectivity index (χ2n) is 5.66. The largest absolute Gasteiger partial charge is 0.314 e. The molecule has 2 atom stereocenters. The van der Waals surface area contributed by atoms with Crippen LogP contribution in [0.25, 0.3) is 0 Å². The van der Waals surface area contributed by atoms with Crippen molar-refractivity contribution in [1.29, 1.82) is 0 Å². The Hall–Kier alpha value is -0.820. The van der Waals surface area contributed by atoms with Crippen LogP contribution < -0.4 is 5.32 Å². The van der Waals surface area contributed by atoms with E-state index in [1.165, 1.54) is 36.8 Å². The van der Waals surface area contributed by atoms with Crippen LogP contribution in [0.1, 0.15) is 57.6 Å². The molecule has 0 bridgehead atoms. The molecule has 0 amide bonds. The predicted octanol–water partition coefficient (Wildman–Crippen LogP) is 4.73. The third kappa shape index (κ3) is 5.78. The number of likely N-dealkylation sites (N-methyl/N-ethyl adjacent to an activating group) is 1. The molecule has 0 radical (unpaired) electrons. The third-order valence-electron chi connectivity index (χ3n) is 4.06. The number of hydrogen-bond donors (Lipinski definition) is 1. The summed E-state index contributed by atoms with van der Waals surface area (Å²) in [5, 5.41) is 3.71. The summed E-state index contributed by atoms with van der Waals surface area (Å²) >= 11 is 0. The molecule has 0 aromatic heterocycles. The number of unbranched alkanes of at least 4 members (excludes halogenated alkanes) is 1. The molecule has 108 valence electrons. The minimum absolute atomic E-state index is 0.629. The SMILES string of the molecule is CCCCC(CC)C(Cc1ccc(C)cc1)NCC. The highest BCUT2D eigenvalue weighted by molar-refractivity contribution is 5.22. The Kier molecular flexibility index (Phi) is 7.81. The lowest BCUT2D eigenvalue weighted by atomic mass is 9.87. The van der Waals surface area contributed by atoms with E-state index in [4.69, 9.17) is 0 Å². The van der Waals surface area contributed by atoms with Crippen LogP contribution in [0.2, 0.25) is 0 Å². The molecule has 1 aromatic rings. The van der Waals surface area contributed by atoms with Gasteiger partial charge in [-0.1, -0.05) is 69.9 Å². The summed E-state index contributed by atoms with van der Waals surface area (Å²) < 4.78 is 0. The van der Waals surface area contributed by atoms with Crippen molar-refractivity contribution in [3.63, 3.8) is 0 Å². The molecule has 0 spiro atoms. The second-order valence-corrected chi connectivity index (χ2v) is 5.66. The second kappa shape index (κ2) is 9.14. The van der Waals surface area contributed by atoms with Gasteiger partial charge in [0.1, 0.15) is 0 Å². The minimum atomic E-state index is 0.629. The molecule has 1 aromatic carbocycles. The van der Waals surface area contributed by atoms with Crippen molar-refractivity contribution >= 4 is 0 Å². The van der Waals surface area contributed by atoms with Crippen molar-refractivity contribution in [2.75, 3.05) is 6.54 Å². The predicted molar refractivity (Wildman–Crippen MR) is 85.7 cm³/mol. The molecule has 0 saturated carbocycles. The highest BCUT2D eigenvalue weighted by Gasteiger charge is 2.18. The molecule has 1 rings (SSSR count). The summed E-state index contributed by atoms with van der Waals surface area (Å²) in [6, 6.07) is 9.65. The fourth-order valence-electron chi connectivity index (χ4n) is 2.80. The van der Waals surface area contributed by atoms with Gasteiger partial charge in [-0.15, -0.1) is 0 Å². The lowest BCUT2D eigenvalue weighted by Gasteiger charge is -2.27. The lowest BCUT2D eigenvalue weighted by Crippen LogP contribution is -2.37. The third-order valence-corrected chi connectivity index (χ3v) is 4.06. The summed E-state index contributed by atoms with van der Waals surface area (Å²) in [5.41, 5.74) is 2.81. The van der Waals surface area contributed by atoms with E-state index in [-0.39, 0.29) is 0 Å². The average molecular weight is 261 g/mol. The van der Waals surface area contributed by atoms with Crippen LogP contribution in [-0.2, 0) is 6.42 Å². The van der Waals surface area contributed by atoms with Gasteiger partial charge in [0.05, 0.1) is 0 Å². The Labute approximate surface area is 119 Å². The van der Waals surface area contributed by atoms with E-state index in [1.54, 1.807) is 0 Å². The van der Waals surface area contributed by atoms with Crippen molar-refractivity contribution < 1.29 is 0 Å². The topological polar surface area (TPSA) is 12.0 Å². The van der Waals surface area contributed by atoms with Gasteiger partial charge in [-0.05, 0) is 37.8 Å². The maximum atomic E-state index is 3.71. The average Bonchev–Trinajstić information content (AvgIpc) is 2.42. The first-order valence-electron chi connectivity index (χ1n) is 8.00. The van der Waals surface area contributed by atoms with Gasteiger partial charge < -0.3 is 5.32 Å². The number of hydrogen-bond acceptors (Lipinski definition) is 1. The van der Waals surface area contributed by atoms with Gasteiger partial charge in [0, 0.05) is 6.04 Å². The van der Waals surface area contributed by atoms with Crippen LogP contribution in [0.3, 0.4) is 0 Å². The lowest BCUT2D eigenvalue weighted by molar-refractivity contribution is 0.319. The van der Waals surface area contributed by atoms with E-state index < -0.39 is 0 Å². The van der Waals surface area contributed by atoms with Crippen molar-refractivity contribution in [2.24, 2.45) is 5.92 Å². The highest BCUT2D eigenvalue weighted by atomic mass is 14.9. The first-order valence-corrected chi connectivity index (χ1v) is 8.00. The first kappa shape index (κ1) is 16.2. The van der Waals surface area contributed by atoms with Gasteiger partial charge in [0.15, 0.2) is 0 Å². The number of nitrogens with one attached hydrogen (secondary N) is 1. The molecule has 1 heteroatoms. The van der Waals surface area contributed by atoms with Crippen LogP contribution in [0, 0.1) is 12.8 Å². The van der Waals surface area contributed by atoms with Crippen LogP contribution in [0.4, 0.5) is 0 Å². The fourth-order valence-corrected chi connectivity index (χ4v) is 2.80. The molecule has 0 aliphatic rings. The summed E-state index contributed by atoms with van der Waals surface area (Å²) in [6.45, 7) is 10.1. The number of aryl methyl sites for hydroxylation is 1. The Morgan fingerprint density at radius 2 is 1.74 bits per heavy atom. The highest BCUT2D eigenvalue weighted by Crippen LogP contribution is 2.20. The standard InChI is InChI=1S/C18H31N/c1-5-8-9-17(6-2)18(19-7-3)14-16-12-10-15(4)11-13-16/h10-13,17-19H,5-9,14H2,1-4H3. The maximum absolute atomic E-state index is 3.71. The van der Waals surface area contributed by atoms with Crippen molar-refractivity contribution in [1.82, 2.24) is 5.32 Å². The van der Waals surface area contributed by atoms with E-state index in [0.29, 0.717) is 6.04 Å². The minimum Gasteiger partial charge on any atom is -0.314 e. The molecule has 0 aliphatic carbocycles. The first-order chi connectivity index (χ1) is 9.21. The molecule has 0 fully saturated rings. The quantitative estimate of drug-likeness (QED) is 0.677. The normalized spacial score (nSPS) is 14.3. The zero-order valence-electron chi connectivity index (χ0n) is 13.2. The summed E-state index contributed by atoms with van der Waals surface area (Å²) in [5.74, 6) is 0.807. The fraction of sp³-hybridized carbons (Fsp3) is 0.667. The zero-order valence-corrected chi connectivity index (χ0v) is 13.2. The number of benzene rings is 1. The van der Waals surface area contributed by atoms with Gasteiger partial charge >= 0.3 is 0 Å². The molecule has 0 saturated heterocycles. The van der Waals surface area contributed by atoms with Crippen LogP contribution in [0.15, 0.2) is 24.3 Å². The van der Waals surface area contributed by atoms with Crippen LogP contribution in [-0.4, -0.2) is 12.6 Å². The molecule has 2 unspecified atom stereocenters. The summed E-state index contributed by atoms with van der Waals surface area (Å²) in [7, 11) is 0. The van der Waals surface area contributed by atoms with E-state index in [9.17, 15) is 0 Å². The molecule has 0 aliphatic heterocycles. The van der Waals surface area contributed by atoms with E-state index in [0.717, 1.165) is 18.9 Å². The molecular formula is C18H31N. The molecule has 19 heavy (non-hydrogen) atoms. The van der Waals surface area contributed by atoms with Gasteiger partial charge in [-0.3, -0.25) is 0 Å². The van der Waals surface area contributed by atoms with E-state index in [2.05, 4.69) is 57.3 Å². The summed E-state index contributed by atoms with van der Waals surface area (Å²) in [6.07, 6.45) is 6.46. The Morgan fingerprint density at radius 3 is 2.26 bits per heavy atom. The monoisotopic (exact) mass is 261 g/mol. The Balaban J connectivity index is 2.66. The number of rotatable bonds is 9. The van der Waals surface area contributed by atoms with Gasteiger partial charge in [-0.2, -0.15) is 0 Å². The van der Waals surface area contributed by atoms with Crippen molar-refractivity contribution in [3.05, 3.63) is 35.4 Å². The van der Waals surface area contributed by atoms with Gasteiger partial charge in [-0.25, -0.2) is 0 Å². The Morgan fingerprint density at radius 1 is 1.05 bits per heavy atom. The smallest absolute Gasteiger partial charge is 0.0135 e. The van der Waals surface area contributed by atoms with Crippen LogP contribution >= 0.6 is 0 Å². The molecule has 0 heterocycles. The van der Waals surface area contributed by atoms with Crippen molar-refractivity contribution in [3.8, 4) is 0 Å².